The second-order valence-electron chi connectivity index (χ2n) is 7.73. The number of hydrogen-bond acceptors (Lipinski definition) is 9. The van der Waals surface area contributed by atoms with E-state index in [1.807, 2.05) is 7.05 Å². The Morgan fingerprint density at radius 3 is 2.71 bits per heavy atom. The van der Waals surface area contributed by atoms with Gasteiger partial charge in [0, 0.05) is 42.2 Å². The number of likely N-dealkylation sites (N-methyl/N-ethyl adjacent to an activating group) is 1. The predicted octanol–water partition coefficient (Wildman–Crippen LogP) is 3.37. The highest BCUT2D eigenvalue weighted by Gasteiger charge is 2.22. The number of halogens is 1. The fraction of sp³-hybridized carbons (Fsp3) is 0.286. The number of thiophene rings is 1. The molecule has 1 aliphatic rings. The molecule has 0 radical (unpaired) electrons. The van der Waals surface area contributed by atoms with E-state index in [4.69, 9.17) is 15.8 Å². The van der Waals surface area contributed by atoms with E-state index in [2.05, 4.69) is 20.5 Å². The summed E-state index contributed by atoms with van der Waals surface area (Å²) in [6.07, 6.45) is 1.73. The molecule has 9 nitrogen and oxygen atoms in total. The van der Waals surface area contributed by atoms with Crippen molar-refractivity contribution in [3.63, 3.8) is 0 Å². The Morgan fingerprint density at radius 2 is 2.00 bits per heavy atom. The molecule has 3 heterocycles. The molecule has 3 aromatic rings. The molecule has 0 aliphatic carbocycles. The van der Waals surface area contributed by atoms with E-state index in [0.717, 1.165) is 47.7 Å². The van der Waals surface area contributed by atoms with Gasteiger partial charge in [-0.15, -0.1) is 22.7 Å². The Kier molecular flexibility index (Phi) is 7.24. The summed E-state index contributed by atoms with van der Waals surface area (Å²) in [5.41, 5.74) is 1.74. The van der Waals surface area contributed by atoms with Crippen LogP contribution in [0.15, 0.2) is 30.3 Å². The van der Waals surface area contributed by atoms with Crippen LogP contribution < -0.4 is 14.8 Å². The zero-order chi connectivity index (χ0) is 24.5. The van der Waals surface area contributed by atoms with Gasteiger partial charge in [-0.25, -0.2) is 4.98 Å². The van der Waals surface area contributed by atoms with Crippen LogP contribution in [0.25, 0.3) is 0 Å². The van der Waals surface area contributed by atoms with Crippen LogP contribution in [0.5, 0.6) is 5.75 Å². The first kappa shape index (κ1) is 24.6. The highest BCUT2D eigenvalue weighted by Crippen LogP contribution is 2.28. The Balaban J connectivity index is 1.52. The number of carbonyl (C=O) groups is 2. The molecule has 2 amide bonds. The average Bonchev–Trinajstić information content (AvgIpc) is 3.38. The van der Waals surface area contributed by atoms with Gasteiger partial charge in [-0.1, -0.05) is 11.6 Å². The third-order valence-electron chi connectivity index (χ3n) is 4.91. The first-order valence-corrected chi connectivity index (χ1v) is 13.9. The highest BCUT2D eigenvalue weighted by atomic mass is 35.5. The minimum absolute atomic E-state index is 0.0270. The van der Waals surface area contributed by atoms with Crippen LogP contribution in [0.4, 0.5) is 5.69 Å². The number of fused-ring (bicyclic) bond motifs is 1. The SMILES string of the molecule is CN1CCc2nc(C(=O)Nc3ccc(OS(C)(=O)=O)c(CNC(=O)c4ccc(Cl)s4)c3)sc2C1. The lowest BCUT2D eigenvalue weighted by atomic mass is 10.1. The fourth-order valence-corrected chi connectivity index (χ4v) is 5.88. The van der Waals surface area contributed by atoms with Crippen molar-refractivity contribution in [1.29, 1.82) is 0 Å². The van der Waals surface area contributed by atoms with Gasteiger partial charge in [-0.05, 0) is 37.4 Å². The summed E-state index contributed by atoms with van der Waals surface area (Å²) in [6.45, 7) is 1.63. The molecule has 0 unspecified atom stereocenters. The summed E-state index contributed by atoms with van der Waals surface area (Å²) in [6, 6.07) is 7.73. The topological polar surface area (TPSA) is 118 Å². The van der Waals surface area contributed by atoms with Crippen LogP contribution in [0.3, 0.4) is 0 Å². The largest absolute Gasteiger partial charge is 0.382 e. The maximum Gasteiger partial charge on any atom is 0.306 e. The van der Waals surface area contributed by atoms with E-state index < -0.39 is 10.1 Å². The van der Waals surface area contributed by atoms with Crippen LogP contribution in [-0.4, -0.2) is 50.0 Å². The van der Waals surface area contributed by atoms with Crippen molar-refractivity contribution in [3.8, 4) is 5.75 Å². The first-order valence-electron chi connectivity index (χ1n) is 10.1. The number of hydrogen-bond donors (Lipinski definition) is 2. The zero-order valence-corrected chi connectivity index (χ0v) is 21.5. The van der Waals surface area contributed by atoms with Gasteiger partial charge in [0.15, 0.2) is 5.01 Å². The van der Waals surface area contributed by atoms with E-state index in [-0.39, 0.29) is 24.1 Å². The van der Waals surface area contributed by atoms with Gasteiger partial charge in [0.05, 0.1) is 21.2 Å². The van der Waals surface area contributed by atoms with Gasteiger partial charge in [-0.2, -0.15) is 8.42 Å². The minimum atomic E-state index is -3.80. The molecule has 0 saturated heterocycles. The Bertz CT molecular complexity index is 1350. The number of carbonyl (C=O) groups excluding carboxylic acids is 2. The van der Waals surface area contributed by atoms with Crippen molar-refractivity contribution >= 4 is 61.9 Å². The van der Waals surface area contributed by atoms with Gasteiger partial charge in [0.2, 0.25) is 0 Å². The number of nitrogens with zero attached hydrogens (tertiary/aromatic N) is 2. The summed E-state index contributed by atoms with van der Waals surface area (Å²) in [5, 5.41) is 5.87. The molecule has 0 atom stereocenters. The molecule has 0 spiro atoms. The van der Waals surface area contributed by atoms with Gasteiger partial charge in [-0.3, -0.25) is 9.59 Å². The van der Waals surface area contributed by atoms with E-state index in [9.17, 15) is 18.0 Å². The number of thiazole rings is 1. The van der Waals surface area contributed by atoms with Gasteiger partial charge < -0.3 is 19.7 Å². The molecule has 34 heavy (non-hydrogen) atoms. The number of anilines is 1. The van der Waals surface area contributed by atoms with Crippen molar-refractivity contribution in [2.24, 2.45) is 0 Å². The molecule has 0 bridgehead atoms. The molecule has 0 fully saturated rings. The van der Waals surface area contributed by atoms with Crippen LogP contribution in [-0.2, 0) is 29.6 Å². The Hall–Kier alpha value is -2.51. The standard InChI is InChI=1S/C21H21ClN4O5S3/c1-26-8-7-14-17(11-26)33-21(25-14)20(28)24-13-3-4-15(31-34(2,29)30)12(9-13)10-23-19(27)16-5-6-18(22)32-16/h3-6,9H,7-8,10-11H2,1-2H3,(H,23,27)(H,24,28). The Labute approximate surface area is 209 Å². The van der Waals surface area contributed by atoms with Crippen molar-refractivity contribution in [2.45, 2.75) is 19.5 Å². The van der Waals surface area contributed by atoms with Crippen LogP contribution in [0.2, 0.25) is 4.34 Å². The molecule has 4 rings (SSSR count). The zero-order valence-electron chi connectivity index (χ0n) is 18.3. The van der Waals surface area contributed by atoms with Gasteiger partial charge in [0.1, 0.15) is 5.75 Å². The quantitative estimate of drug-likeness (QED) is 0.441. The molecule has 2 N–H and O–H groups in total. The van der Waals surface area contributed by atoms with E-state index in [0.29, 0.717) is 25.5 Å². The monoisotopic (exact) mass is 540 g/mol. The van der Waals surface area contributed by atoms with Crippen LogP contribution >= 0.6 is 34.3 Å². The molecular formula is C21H21ClN4O5S3. The van der Waals surface area contributed by atoms with Crippen LogP contribution in [0, 0.1) is 0 Å². The van der Waals surface area contributed by atoms with E-state index in [1.165, 1.54) is 23.5 Å². The lowest BCUT2D eigenvalue weighted by molar-refractivity contribution is 0.0953. The number of rotatable bonds is 7. The van der Waals surface area contributed by atoms with Crippen LogP contribution in [0.1, 0.15) is 35.6 Å². The third kappa shape index (κ3) is 6.13. The van der Waals surface area contributed by atoms with Crippen molar-refractivity contribution in [1.82, 2.24) is 15.2 Å². The highest BCUT2D eigenvalue weighted by molar-refractivity contribution is 7.86. The van der Waals surface area contributed by atoms with Crippen molar-refractivity contribution < 1.29 is 22.2 Å². The number of benzene rings is 1. The summed E-state index contributed by atoms with van der Waals surface area (Å²) >= 11 is 8.37. The Morgan fingerprint density at radius 1 is 1.21 bits per heavy atom. The van der Waals surface area contributed by atoms with Gasteiger partial charge >= 0.3 is 10.1 Å². The number of amides is 2. The second kappa shape index (κ2) is 10.0. The molecule has 1 aromatic carbocycles. The summed E-state index contributed by atoms with van der Waals surface area (Å²) < 4.78 is 28.9. The summed E-state index contributed by atoms with van der Waals surface area (Å²) in [7, 11) is -1.78. The summed E-state index contributed by atoms with van der Waals surface area (Å²) in [4.78, 5) is 33.3. The summed E-state index contributed by atoms with van der Waals surface area (Å²) in [5.74, 6) is -0.671. The number of nitrogens with one attached hydrogen (secondary N) is 2. The van der Waals surface area contributed by atoms with Crippen molar-refractivity contribution in [3.05, 3.63) is 60.7 Å². The van der Waals surface area contributed by atoms with E-state index >= 15 is 0 Å². The average molecular weight is 541 g/mol. The molecule has 13 heteroatoms. The molecular weight excluding hydrogens is 520 g/mol. The molecule has 0 saturated carbocycles. The lowest BCUT2D eigenvalue weighted by Gasteiger charge is -2.20. The molecule has 2 aromatic heterocycles. The van der Waals surface area contributed by atoms with Gasteiger partial charge in [0.25, 0.3) is 11.8 Å². The van der Waals surface area contributed by atoms with Crippen molar-refractivity contribution in [2.75, 3.05) is 25.2 Å². The normalized spacial score (nSPS) is 13.9. The fourth-order valence-electron chi connectivity index (χ4n) is 3.34. The molecule has 1 aliphatic heterocycles. The smallest absolute Gasteiger partial charge is 0.306 e. The first-order chi connectivity index (χ1) is 16.1. The minimum Gasteiger partial charge on any atom is -0.382 e. The predicted molar refractivity (Wildman–Crippen MR) is 133 cm³/mol. The third-order valence-corrected chi connectivity index (χ3v) is 7.71. The maximum absolute atomic E-state index is 12.8. The lowest BCUT2D eigenvalue weighted by Crippen LogP contribution is -2.25. The number of aromatic nitrogens is 1. The maximum atomic E-state index is 12.8. The molecule has 180 valence electrons. The second-order valence-corrected chi connectivity index (χ2v) is 12.1. The van der Waals surface area contributed by atoms with E-state index in [1.54, 1.807) is 18.2 Å².